The van der Waals surface area contributed by atoms with E-state index in [-0.39, 0.29) is 0 Å². The first-order valence-electron chi connectivity index (χ1n) is 6.91. The lowest BCUT2D eigenvalue weighted by molar-refractivity contribution is 0.535. The molecule has 1 aromatic rings. The van der Waals surface area contributed by atoms with E-state index in [0.29, 0.717) is 6.04 Å². The minimum absolute atomic E-state index is 0.587. The molecule has 1 heterocycles. The quantitative estimate of drug-likeness (QED) is 0.871. The van der Waals surface area contributed by atoms with Gasteiger partial charge in [-0.1, -0.05) is 37.2 Å². The van der Waals surface area contributed by atoms with Gasteiger partial charge in [-0.15, -0.1) is 0 Å². The van der Waals surface area contributed by atoms with E-state index >= 15 is 0 Å². The Morgan fingerprint density at radius 1 is 1.28 bits per heavy atom. The number of hydrogen-bond acceptors (Lipinski definition) is 3. The van der Waals surface area contributed by atoms with E-state index in [9.17, 15) is 0 Å². The van der Waals surface area contributed by atoms with E-state index < -0.39 is 0 Å². The maximum absolute atomic E-state index is 4.85. The fourth-order valence-corrected chi connectivity index (χ4v) is 3.93. The van der Waals surface area contributed by atoms with Crippen molar-refractivity contribution in [3.05, 3.63) is 29.8 Å². The van der Waals surface area contributed by atoms with Crippen LogP contribution in [0.4, 0.5) is 5.69 Å². The van der Waals surface area contributed by atoms with Crippen LogP contribution in [-0.2, 0) is 6.42 Å². The van der Waals surface area contributed by atoms with Crippen LogP contribution in [0.15, 0.2) is 29.3 Å². The van der Waals surface area contributed by atoms with Crippen molar-refractivity contribution in [2.24, 2.45) is 10.9 Å². The summed E-state index contributed by atoms with van der Waals surface area (Å²) in [7, 11) is 0. The van der Waals surface area contributed by atoms with E-state index in [2.05, 4.69) is 36.5 Å². The van der Waals surface area contributed by atoms with Crippen LogP contribution in [0.25, 0.3) is 0 Å². The smallest absolute Gasteiger partial charge is 0.161 e. The van der Waals surface area contributed by atoms with Gasteiger partial charge in [-0.3, -0.25) is 4.99 Å². The Morgan fingerprint density at radius 3 is 2.89 bits per heavy atom. The molecule has 1 fully saturated rings. The number of amidine groups is 1. The van der Waals surface area contributed by atoms with Crippen LogP contribution in [0.5, 0.6) is 0 Å². The lowest BCUT2D eigenvalue weighted by Crippen LogP contribution is -2.25. The predicted octanol–water partition coefficient (Wildman–Crippen LogP) is 3.93. The number of nitrogens with zero attached hydrogens (tertiary/aromatic N) is 1. The van der Waals surface area contributed by atoms with Crippen molar-refractivity contribution < 1.29 is 0 Å². The second-order valence-corrected chi connectivity index (χ2v) is 6.19. The van der Waals surface area contributed by atoms with Crippen molar-refractivity contribution in [1.82, 2.24) is 0 Å². The zero-order valence-corrected chi connectivity index (χ0v) is 11.7. The van der Waals surface area contributed by atoms with Crippen molar-refractivity contribution in [3.63, 3.8) is 0 Å². The summed E-state index contributed by atoms with van der Waals surface area (Å²) in [6.45, 7) is 2.18. The summed E-state index contributed by atoms with van der Waals surface area (Å²) in [6, 6.07) is 9.28. The molecular formula is C15H20N2S. The summed E-state index contributed by atoms with van der Waals surface area (Å²) in [5.74, 6) is 2.08. The molecule has 1 aromatic carbocycles. The van der Waals surface area contributed by atoms with Gasteiger partial charge in [0.05, 0.1) is 6.04 Å². The number of rotatable bonds is 2. The Kier molecular flexibility index (Phi) is 3.59. The number of benzene rings is 1. The number of aryl methyl sites for hydroxylation is 1. The first kappa shape index (κ1) is 12.1. The Bertz CT molecular complexity index is 438. The fourth-order valence-electron chi connectivity index (χ4n) is 2.77. The summed E-state index contributed by atoms with van der Waals surface area (Å²) >= 11 is 1.88. The lowest BCUT2D eigenvalue weighted by Gasteiger charge is -2.23. The third kappa shape index (κ3) is 2.56. The Hall–Kier alpha value is -0.960. The summed E-state index contributed by atoms with van der Waals surface area (Å²) in [4.78, 5) is 4.85. The van der Waals surface area contributed by atoms with E-state index in [1.165, 1.54) is 30.6 Å². The highest BCUT2D eigenvalue weighted by molar-refractivity contribution is 8.14. The molecule has 1 N–H and O–H groups in total. The third-order valence-electron chi connectivity index (χ3n) is 3.95. The molecule has 0 aromatic heterocycles. The summed E-state index contributed by atoms with van der Waals surface area (Å²) < 4.78 is 0. The monoisotopic (exact) mass is 260 g/mol. The standard InChI is InChI=1S/C15H20N2S/c1-2-11-6-8-13(9-7-11)16-15-17-14-5-3-4-12(14)10-18-15/h6-9,12,14H,2-5,10H2,1H3,(H,16,17). The molecule has 0 radical (unpaired) electrons. The maximum atomic E-state index is 4.85. The molecule has 3 rings (SSSR count). The Morgan fingerprint density at radius 2 is 2.11 bits per heavy atom. The van der Waals surface area contributed by atoms with Crippen molar-refractivity contribution in [3.8, 4) is 0 Å². The molecule has 0 spiro atoms. The van der Waals surface area contributed by atoms with Gasteiger partial charge in [0.25, 0.3) is 0 Å². The van der Waals surface area contributed by atoms with Crippen molar-refractivity contribution >= 4 is 22.6 Å². The summed E-state index contributed by atoms with van der Waals surface area (Å²) in [5, 5.41) is 4.57. The van der Waals surface area contributed by atoms with Gasteiger partial charge in [-0.25, -0.2) is 0 Å². The van der Waals surface area contributed by atoms with E-state index in [4.69, 9.17) is 4.99 Å². The number of aliphatic imine (C=N–C) groups is 1. The Labute approximate surface area is 113 Å². The lowest BCUT2D eigenvalue weighted by atomic mass is 10.1. The largest absolute Gasteiger partial charge is 0.335 e. The molecular weight excluding hydrogens is 240 g/mol. The molecule has 2 aliphatic rings. The van der Waals surface area contributed by atoms with E-state index in [1.807, 2.05) is 11.8 Å². The van der Waals surface area contributed by atoms with Crippen LogP contribution in [-0.4, -0.2) is 17.0 Å². The topological polar surface area (TPSA) is 24.4 Å². The van der Waals surface area contributed by atoms with E-state index in [0.717, 1.165) is 23.2 Å². The molecule has 96 valence electrons. The highest BCUT2D eigenvalue weighted by atomic mass is 32.2. The van der Waals surface area contributed by atoms with Gasteiger partial charge >= 0.3 is 0 Å². The SMILES string of the molecule is CCc1ccc(NC2=NC3CCCC3CS2)cc1. The minimum atomic E-state index is 0.587. The van der Waals surface area contributed by atoms with Crippen molar-refractivity contribution in [2.45, 2.75) is 38.6 Å². The molecule has 2 atom stereocenters. The van der Waals surface area contributed by atoms with Gasteiger partial charge in [-0.05, 0) is 42.9 Å². The molecule has 0 amide bonds. The molecule has 3 heteroatoms. The average molecular weight is 260 g/mol. The molecule has 1 aliphatic heterocycles. The normalized spacial score (nSPS) is 26.6. The number of nitrogens with one attached hydrogen (secondary N) is 1. The number of thioether (sulfide) groups is 1. The predicted molar refractivity (Wildman–Crippen MR) is 80.5 cm³/mol. The highest BCUT2D eigenvalue weighted by Crippen LogP contribution is 2.35. The van der Waals surface area contributed by atoms with Crippen LogP contribution in [0, 0.1) is 5.92 Å². The van der Waals surface area contributed by atoms with E-state index in [1.54, 1.807) is 0 Å². The molecule has 1 saturated carbocycles. The molecule has 1 aliphatic carbocycles. The zero-order chi connectivity index (χ0) is 12.4. The molecule has 18 heavy (non-hydrogen) atoms. The third-order valence-corrected chi connectivity index (χ3v) is 5.03. The average Bonchev–Trinajstić information content (AvgIpc) is 2.87. The fraction of sp³-hybridized carbons (Fsp3) is 0.533. The number of anilines is 1. The van der Waals surface area contributed by atoms with Gasteiger partial charge < -0.3 is 5.32 Å². The van der Waals surface area contributed by atoms with Gasteiger partial charge in [0, 0.05) is 11.4 Å². The van der Waals surface area contributed by atoms with Crippen LogP contribution >= 0.6 is 11.8 Å². The molecule has 2 unspecified atom stereocenters. The van der Waals surface area contributed by atoms with Crippen LogP contribution in [0.1, 0.15) is 31.7 Å². The number of hydrogen-bond donors (Lipinski definition) is 1. The zero-order valence-electron chi connectivity index (χ0n) is 10.9. The van der Waals surface area contributed by atoms with Gasteiger partial charge in [0.15, 0.2) is 5.17 Å². The van der Waals surface area contributed by atoms with Gasteiger partial charge in [0.2, 0.25) is 0 Å². The first-order chi connectivity index (χ1) is 8.85. The van der Waals surface area contributed by atoms with Gasteiger partial charge in [0.1, 0.15) is 0 Å². The molecule has 0 bridgehead atoms. The summed E-state index contributed by atoms with van der Waals surface area (Å²) in [5.41, 5.74) is 2.55. The molecule has 0 saturated heterocycles. The van der Waals surface area contributed by atoms with Crippen molar-refractivity contribution in [1.29, 1.82) is 0 Å². The van der Waals surface area contributed by atoms with Crippen LogP contribution in [0.3, 0.4) is 0 Å². The number of fused-ring (bicyclic) bond motifs is 1. The first-order valence-corrected chi connectivity index (χ1v) is 7.90. The molecule has 2 nitrogen and oxygen atoms in total. The Balaban J connectivity index is 1.68. The summed E-state index contributed by atoms with van der Waals surface area (Å²) in [6.07, 6.45) is 5.11. The van der Waals surface area contributed by atoms with Crippen molar-refractivity contribution in [2.75, 3.05) is 11.1 Å². The highest BCUT2D eigenvalue weighted by Gasteiger charge is 2.30. The van der Waals surface area contributed by atoms with Crippen LogP contribution in [0.2, 0.25) is 0 Å². The minimum Gasteiger partial charge on any atom is -0.335 e. The second kappa shape index (κ2) is 5.35. The van der Waals surface area contributed by atoms with Crippen LogP contribution < -0.4 is 5.32 Å². The second-order valence-electron chi connectivity index (χ2n) is 5.18. The maximum Gasteiger partial charge on any atom is 0.161 e. The van der Waals surface area contributed by atoms with Gasteiger partial charge in [-0.2, -0.15) is 0 Å².